The van der Waals surface area contributed by atoms with E-state index < -0.39 is 5.41 Å². The zero-order chi connectivity index (χ0) is 20.6. The summed E-state index contributed by atoms with van der Waals surface area (Å²) in [6, 6.07) is 12.7. The summed E-state index contributed by atoms with van der Waals surface area (Å²) in [5.74, 6) is 0.227. The van der Waals surface area contributed by atoms with Crippen LogP contribution in [0.25, 0.3) is 0 Å². The molecule has 2 heteroatoms. The fourth-order valence-corrected chi connectivity index (χ4v) is 4.78. The van der Waals surface area contributed by atoms with Crippen LogP contribution in [0.1, 0.15) is 47.6 Å². The van der Waals surface area contributed by atoms with Crippen molar-refractivity contribution in [1.82, 2.24) is 0 Å². The molecule has 0 saturated carbocycles. The second kappa shape index (κ2) is 7.43. The molecule has 0 amide bonds. The van der Waals surface area contributed by atoms with Crippen LogP contribution in [0.4, 0.5) is 5.69 Å². The lowest BCUT2D eigenvalue weighted by molar-refractivity contribution is -0.122. The van der Waals surface area contributed by atoms with Gasteiger partial charge in [-0.15, -0.1) is 0 Å². The van der Waals surface area contributed by atoms with Gasteiger partial charge < -0.3 is 4.90 Å². The maximum atomic E-state index is 13.1. The van der Waals surface area contributed by atoms with Gasteiger partial charge in [0.15, 0.2) is 0 Å². The molecule has 146 valence electrons. The standard InChI is InChI=1S/C26H31NO/c1-8-22-15-26(21(6)28,23-14-10-11-17(2)20(23)5)16-24(22)27(7)25-18(3)12-9-13-19(25)4/h8-14H,1,15-16H2,2-7H3/t26-/m1/s1. The summed E-state index contributed by atoms with van der Waals surface area (Å²) in [5.41, 5.74) is 9.16. The van der Waals surface area contributed by atoms with Gasteiger partial charge in [-0.1, -0.05) is 49.1 Å². The highest BCUT2D eigenvalue weighted by atomic mass is 16.1. The van der Waals surface area contributed by atoms with Crippen LogP contribution < -0.4 is 4.90 Å². The molecule has 2 aromatic carbocycles. The fraction of sp³-hybridized carbons (Fsp3) is 0.346. The molecule has 1 aliphatic carbocycles. The molecule has 0 aromatic heterocycles. The Morgan fingerprint density at radius 3 is 2.14 bits per heavy atom. The van der Waals surface area contributed by atoms with Crippen LogP contribution in [0, 0.1) is 27.7 Å². The highest BCUT2D eigenvalue weighted by Crippen LogP contribution is 2.48. The fourth-order valence-electron chi connectivity index (χ4n) is 4.78. The number of allylic oxidation sites excluding steroid dienone is 3. The van der Waals surface area contributed by atoms with Crippen LogP contribution in [0.3, 0.4) is 0 Å². The quantitative estimate of drug-likeness (QED) is 0.629. The molecule has 0 unspecified atom stereocenters. The number of anilines is 1. The van der Waals surface area contributed by atoms with Gasteiger partial charge in [-0.3, -0.25) is 4.79 Å². The number of benzene rings is 2. The van der Waals surface area contributed by atoms with Gasteiger partial charge in [0.2, 0.25) is 0 Å². The molecule has 0 spiro atoms. The second-order valence-electron chi connectivity index (χ2n) is 8.21. The second-order valence-corrected chi connectivity index (χ2v) is 8.21. The van der Waals surface area contributed by atoms with Crippen LogP contribution in [0.2, 0.25) is 0 Å². The number of carbonyl (C=O) groups is 1. The Labute approximate surface area is 169 Å². The van der Waals surface area contributed by atoms with Gasteiger partial charge in [-0.05, 0) is 74.4 Å². The van der Waals surface area contributed by atoms with Crippen LogP contribution in [-0.4, -0.2) is 12.8 Å². The normalized spacial score (nSPS) is 19.1. The van der Waals surface area contributed by atoms with E-state index in [1.807, 2.05) is 6.08 Å². The molecule has 0 saturated heterocycles. The number of Topliss-reactive ketones (excluding diaryl/α,β-unsaturated/α-hetero) is 1. The first-order valence-corrected chi connectivity index (χ1v) is 9.95. The zero-order valence-corrected chi connectivity index (χ0v) is 18.0. The molecule has 0 radical (unpaired) electrons. The summed E-state index contributed by atoms with van der Waals surface area (Å²) >= 11 is 0. The summed E-state index contributed by atoms with van der Waals surface area (Å²) in [5, 5.41) is 0. The minimum Gasteiger partial charge on any atom is -0.347 e. The van der Waals surface area contributed by atoms with Gasteiger partial charge in [0, 0.05) is 24.9 Å². The Morgan fingerprint density at radius 1 is 1.00 bits per heavy atom. The number of hydrogen-bond donors (Lipinski definition) is 0. The maximum absolute atomic E-state index is 13.1. The monoisotopic (exact) mass is 373 g/mol. The number of ketones is 1. The highest BCUT2D eigenvalue weighted by Gasteiger charge is 2.45. The van der Waals surface area contributed by atoms with Gasteiger partial charge in [0.25, 0.3) is 0 Å². The lowest BCUT2D eigenvalue weighted by atomic mass is 9.72. The van der Waals surface area contributed by atoms with Crippen molar-refractivity contribution in [2.75, 3.05) is 11.9 Å². The van der Waals surface area contributed by atoms with E-state index in [4.69, 9.17) is 0 Å². The van der Waals surface area contributed by atoms with E-state index in [0.717, 1.165) is 5.56 Å². The molecule has 2 aromatic rings. The summed E-state index contributed by atoms with van der Waals surface area (Å²) in [6.45, 7) is 14.4. The Hall–Kier alpha value is -2.61. The summed E-state index contributed by atoms with van der Waals surface area (Å²) in [7, 11) is 2.12. The highest BCUT2D eigenvalue weighted by molar-refractivity contribution is 5.91. The van der Waals surface area contributed by atoms with Gasteiger partial charge in [-0.2, -0.15) is 0 Å². The van der Waals surface area contributed by atoms with Gasteiger partial charge in [0.05, 0.1) is 5.41 Å². The van der Waals surface area contributed by atoms with E-state index >= 15 is 0 Å². The predicted molar refractivity (Wildman–Crippen MR) is 119 cm³/mol. The van der Waals surface area contributed by atoms with E-state index in [1.54, 1.807) is 6.92 Å². The molecule has 0 aliphatic heterocycles. The summed E-state index contributed by atoms with van der Waals surface area (Å²) < 4.78 is 0. The Bertz CT molecular complexity index is 962. The lowest BCUT2D eigenvalue weighted by Crippen LogP contribution is -2.34. The van der Waals surface area contributed by atoms with Crippen LogP contribution in [0.15, 0.2) is 60.3 Å². The first-order valence-electron chi connectivity index (χ1n) is 9.95. The number of para-hydroxylation sites is 1. The third kappa shape index (κ3) is 3.11. The average Bonchev–Trinajstić information content (AvgIpc) is 3.05. The van der Waals surface area contributed by atoms with Crippen LogP contribution in [0.5, 0.6) is 0 Å². The van der Waals surface area contributed by atoms with Crippen molar-refractivity contribution in [3.05, 3.63) is 88.1 Å². The summed E-state index contributed by atoms with van der Waals surface area (Å²) in [6.07, 6.45) is 3.36. The first kappa shape index (κ1) is 20.1. The van der Waals surface area contributed by atoms with E-state index in [9.17, 15) is 4.79 Å². The lowest BCUT2D eigenvalue weighted by Gasteiger charge is -2.32. The molecule has 2 nitrogen and oxygen atoms in total. The van der Waals surface area contributed by atoms with Crippen molar-refractivity contribution in [2.24, 2.45) is 0 Å². The molecular weight excluding hydrogens is 342 g/mol. The van der Waals surface area contributed by atoms with Crippen LogP contribution >= 0.6 is 0 Å². The minimum atomic E-state index is -0.514. The van der Waals surface area contributed by atoms with E-state index in [-0.39, 0.29) is 5.78 Å². The Kier molecular flexibility index (Phi) is 5.34. The topological polar surface area (TPSA) is 20.3 Å². The molecule has 0 bridgehead atoms. The molecule has 1 aliphatic rings. The van der Waals surface area contributed by atoms with Crippen LogP contribution in [-0.2, 0) is 10.2 Å². The molecule has 1 atom stereocenters. The molecule has 0 fully saturated rings. The van der Waals surface area contributed by atoms with Gasteiger partial charge in [-0.25, -0.2) is 0 Å². The summed E-state index contributed by atoms with van der Waals surface area (Å²) in [4.78, 5) is 15.3. The average molecular weight is 374 g/mol. The van der Waals surface area contributed by atoms with E-state index in [1.165, 1.54) is 39.2 Å². The third-order valence-corrected chi connectivity index (χ3v) is 6.55. The minimum absolute atomic E-state index is 0.227. The molecule has 28 heavy (non-hydrogen) atoms. The maximum Gasteiger partial charge on any atom is 0.141 e. The molecular formula is C26H31NO. The number of aryl methyl sites for hydroxylation is 3. The Balaban J connectivity index is 2.13. The number of carbonyl (C=O) groups excluding carboxylic acids is 1. The van der Waals surface area contributed by atoms with E-state index in [2.05, 4.69) is 82.6 Å². The SMILES string of the molecule is C=CC1=C(N(C)c2c(C)cccc2C)C[C@](C(C)=O)(c2cccc(C)c2C)C1. The van der Waals surface area contributed by atoms with Crippen molar-refractivity contribution >= 4 is 11.5 Å². The van der Waals surface area contributed by atoms with Crippen molar-refractivity contribution in [3.8, 4) is 0 Å². The van der Waals surface area contributed by atoms with Crippen molar-refractivity contribution in [1.29, 1.82) is 0 Å². The zero-order valence-electron chi connectivity index (χ0n) is 18.0. The predicted octanol–water partition coefficient (Wildman–Crippen LogP) is 6.12. The van der Waals surface area contributed by atoms with Crippen molar-refractivity contribution < 1.29 is 4.79 Å². The van der Waals surface area contributed by atoms with Gasteiger partial charge >= 0.3 is 0 Å². The number of rotatable bonds is 5. The number of hydrogen-bond acceptors (Lipinski definition) is 2. The molecule has 3 rings (SSSR count). The van der Waals surface area contributed by atoms with Crippen molar-refractivity contribution in [2.45, 2.75) is 52.9 Å². The first-order chi connectivity index (χ1) is 13.2. The Morgan fingerprint density at radius 2 is 1.57 bits per heavy atom. The molecule has 0 N–H and O–H groups in total. The number of nitrogens with zero attached hydrogens (tertiary/aromatic N) is 1. The third-order valence-electron chi connectivity index (χ3n) is 6.55. The smallest absolute Gasteiger partial charge is 0.141 e. The van der Waals surface area contributed by atoms with Crippen molar-refractivity contribution in [3.63, 3.8) is 0 Å². The molecule has 0 heterocycles. The van der Waals surface area contributed by atoms with E-state index in [0.29, 0.717) is 12.8 Å². The largest absolute Gasteiger partial charge is 0.347 e. The van der Waals surface area contributed by atoms with Gasteiger partial charge in [0.1, 0.15) is 5.78 Å².